The van der Waals surface area contributed by atoms with E-state index in [4.69, 9.17) is 25.7 Å². The molecule has 8 heteroatoms. The van der Waals surface area contributed by atoms with Crippen molar-refractivity contribution in [3.8, 4) is 0 Å². The number of hydrogen-bond acceptors (Lipinski definition) is 8. The first-order chi connectivity index (χ1) is 25.1. The average Bonchev–Trinajstić information content (AvgIpc) is 3.47. The predicted molar refractivity (Wildman–Crippen MR) is 212 cm³/mol. The van der Waals surface area contributed by atoms with Crippen LogP contribution in [0.4, 0.5) is 0 Å². The smallest absolute Gasteiger partial charge is 0.307 e. The zero-order valence-electron chi connectivity index (χ0n) is 34.5. The topological polar surface area (TPSA) is 117 Å². The molecule has 0 amide bonds. The number of ether oxygens (including phenoxy) is 3. The van der Waals surface area contributed by atoms with Gasteiger partial charge in [0.2, 0.25) is 0 Å². The molecule has 0 aromatic heterocycles. The molecular weight excluding hydrogens is 650 g/mol. The van der Waals surface area contributed by atoms with Crippen LogP contribution in [0.1, 0.15) is 164 Å². The van der Waals surface area contributed by atoms with Crippen LogP contribution in [0.2, 0.25) is 0 Å². The first kappa shape index (κ1) is 43.5. The molecule has 4 aliphatic rings. The van der Waals surface area contributed by atoms with Gasteiger partial charge in [-0.15, -0.1) is 0 Å². The van der Waals surface area contributed by atoms with Crippen LogP contribution in [0.15, 0.2) is 0 Å². The molecule has 4 N–H and O–H groups in total. The molecule has 0 bridgehead atoms. The summed E-state index contributed by atoms with van der Waals surface area (Å²) >= 11 is 0. The normalized spacial score (nSPS) is 34.7. The van der Waals surface area contributed by atoms with Gasteiger partial charge in [0.1, 0.15) is 12.2 Å². The van der Waals surface area contributed by atoms with Gasteiger partial charge in [-0.2, -0.15) is 0 Å². The van der Waals surface area contributed by atoms with Crippen molar-refractivity contribution in [1.29, 1.82) is 0 Å². The number of esters is 2. The van der Waals surface area contributed by atoms with Gasteiger partial charge in [-0.1, -0.05) is 67.2 Å². The number of hydrogen-bond donors (Lipinski definition) is 2. The number of unbranched alkanes of at least 4 members (excludes halogenated alkanes) is 4. The Balaban J connectivity index is 1.57. The van der Waals surface area contributed by atoms with E-state index in [-0.39, 0.29) is 47.5 Å². The lowest BCUT2D eigenvalue weighted by atomic mass is 9.43. The maximum absolute atomic E-state index is 13.3. The van der Waals surface area contributed by atoms with Gasteiger partial charge < -0.3 is 30.6 Å². The van der Waals surface area contributed by atoms with E-state index in [2.05, 4.69) is 46.4 Å². The van der Waals surface area contributed by atoms with Crippen LogP contribution >= 0.6 is 0 Å². The third-order valence-corrected chi connectivity index (χ3v) is 14.8. The van der Waals surface area contributed by atoms with E-state index in [9.17, 15) is 9.59 Å². The first-order valence-corrected chi connectivity index (χ1v) is 22.2. The third-order valence-electron chi connectivity index (χ3n) is 14.8. The van der Waals surface area contributed by atoms with Crippen LogP contribution in [0, 0.1) is 46.3 Å². The molecule has 4 saturated carbocycles. The van der Waals surface area contributed by atoms with Crippen molar-refractivity contribution in [3.05, 3.63) is 0 Å². The summed E-state index contributed by atoms with van der Waals surface area (Å²) < 4.78 is 19.6. The lowest BCUT2D eigenvalue weighted by Gasteiger charge is -2.64. The minimum absolute atomic E-state index is 0.0324. The minimum atomic E-state index is -0.190. The fourth-order valence-electron chi connectivity index (χ4n) is 12.0. The summed E-state index contributed by atoms with van der Waals surface area (Å²) in [5.74, 6) is 2.49. The van der Waals surface area contributed by atoms with E-state index < -0.39 is 0 Å². The van der Waals surface area contributed by atoms with Gasteiger partial charge in [0, 0.05) is 30.9 Å². The minimum Gasteiger partial charge on any atom is -0.462 e. The molecule has 0 heterocycles. The standard InChI is InChI=1S/C44H81N3O5/c1-7-10-12-25-47(26-13-11-8-2)27-14-17-32(4)35-18-19-36-42-37(31-39(44(35,36)6)50-28-15-23-45)43(5)22-20-34(51-41(49)21-24-46)29-33(43)30-38(42)52-40(48)16-9-3/h32-39,42H,7-31,45-46H2,1-6H3/t32-,33+,34-,35-,36+,37+,38-,39+,42+,43+,44-/m1/s1. The molecule has 0 unspecified atom stereocenters. The van der Waals surface area contributed by atoms with Crippen LogP contribution < -0.4 is 11.5 Å². The lowest BCUT2D eigenvalue weighted by Crippen LogP contribution is -2.63. The van der Waals surface area contributed by atoms with Crippen LogP contribution in [0.5, 0.6) is 0 Å². The Labute approximate surface area is 319 Å². The number of fused-ring (bicyclic) bond motifs is 5. The van der Waals surface area contributed by atoms with Crippen molar-refractivity contribution in [2.45, 2.75) is 182 Å². The SMILES string of the molecule is CCCCCN(CCCCC)CCC[C@@H](C)[C@H]1CC[C@H]2[C@@H]3[C@H](OC(=O)CCC)C[C@@H]4C[C@H](OC(=O)CCN)CC[C@]4(C)[C@H]3C[C@H](OCCCN)[C@]12C. The van der Waals surface area contributed by atoms with Crippen LogP contribution in [0.25, 0.3) is 0 Å². The Morgan fingerprint density at radius 2 is 1.46 bits per heavy atom. The average molecular weight is 732 g/mol. The summed E-state index contributed by atoms with van der Waals surface area (Å²) in [4.78, 5) is 28.5. The molecule has 4 rings (SSSR count). The van der Waals surface area contributed by atoms with Gasteiger partial charge in [0.15, 0.2) is 0 Å². The Kier molecular flexibility index (Phi) is 17.7. The molecule has 8 nitrogen and oxygen atoms in total. The van der Waals surface area contributed by atoms with Gasteiger partial charge in [0.05, 0.1) is 12.5 Å². The highest BCUT2D eigenvalue weighted by atomic mass is 16.5. The molecule has 0 aromatic carbocycles. The van der Waals surface area contributed by atoms with Gasteiger partial charge >= 0.3 is 11.9 Å². The Morgan fingerprint density at radius 1 is 0.769 bits per heavy atom. The number of rotatable bonds is 23. The molecule has 0 spiro atoms. The fraction of sp³-hybridized carbons (Fsp3) is 0.955. The zero-order valence-corrected chi connectivity index (χ0v) is 34.5. The van der Waals surface area contributed by atoms with Crippen LogP contribution in [-0.2, 0) is 23.8 Å². The zero-order chi connectivity index (χ0) is 37.7. The monoisotopic (exact) mass is 732 g/mol. The Hall–Kier alpha value is -1.22. The fourth-order valence-corrected chi connectivity index (χ4v) is 12.0. The Bertz CT molecular complexity index is 1060. The maximum Gasteiger partial charge on any atom is 0.307 e. The van der Waals surface area contributed by atoms with E-state index >= 15 is 0 Å². The second kappa shape index (κ2) is 21.2. The summed E-state index contributed by atoms with van der Waals surface area (Å²) in [6.45, 7) is 19.6. The molecule has 11 atom stereocenters. The second-order valence-electron chi connectivity index (χ2n) is 18.1. The largest absolute Gasteiger partial charge is 0.462 e. The summed E-state index contributed by atoms with van der Waals surface area (Å²) in [6.07, 6.45) is 19.8. The number of carbonyl (C=O) groups excluding carboxylic acids is 2. The van der Waals surface area contributed by atoms with Crippen molar-refractivity contribution in [1.82, 2.24) is 4.90 Å². The molecule has 0 radical (unpaired) electrons. The third kappa shape index (κ3) is 10.5. The number of carbonyl (C=O) groups is 2. The summed E-state index contributed by atoms with van der Waals surface area (Å²) in [7, 11) is 0. The van der Waals surface area contributed by atoms with Crippen molar-refractivity contribution >= 4 is 11.9 Å². The highest BCUT2D eigenvalue weighted by Gasteiger charge is 2.67. The molecule has 0 saturated heterocycles. The van der Waals surface area contributed by atoms with Gasteiger partial charge in [-0.3, -0.25) is 9.59 Å². The number of nitrogens with two attached hydrogens (primary N) is 2. The summed E-state index contributed by atoms with van der Waals surface area (Å²) in [5.41, 5.74) is 11.8. The molecule has 52 heavy (non-hydrogen) atoms. The lowest BCUT2D eigenvalue weighted by molar-refractivity contribution is -0.226. The van der Waals surface area contributed by atoms with E-state index in [0.29, 0.717) is 61.6 Å². The molecule has 302 valence electrons. The highest BCUT2D eigenvalue weighted by Crippen LogP contribution is 2.69. The van der Waals surface area contributed by atoms with Crippen LogP contribution in [-0.4, -0.2) is 74.5 Å². The summed E-state index contributed by atoms with van der Waals surface area (Å²) in [6, 6.07) is 0. The quantitative estimate of drug-likeness (QED) is 0.0793. The van der Waals surface area contributed by atoms with Crippen molar-refractivity contribution < 1.29 is 23.8 Å². The second-order valence-corrected chi connectivity index (χ2v) is 18.1. The molecule has 4 aliphatic carbocycles. The summed E-state index contributed by atoms with van der Waals surface area (Å²) in [5, 5.41) is 0. The number of nitrogens with zero attached hydrogens (tertiary/aromatic N) is 1. The van der Waals surface area contributed by atoms with Crippen molar-refractivity contribution in [3.63, 3.8) is 0 Å². The highest BCUT2D eigenvalue weighted by molar-refractivity contribution is 5.70. The molecule has 4 fully saturated rings. The van der Waals surface area contributed by atoms with Gasteiger partial charge in [0.25, 0.3) is 0 Å². The van der Waals surface area contributed by atoms with E-state index in [1.807, 2.05) is 0 Å². The van der Waals surface area contributed by atoms with Crippen molar-refractivity contribution in [2.24, 2.45) is 57.8 Å². The van der Waals surface area contributed by atoms with E-state index in [0.717, 1.165) is 44.9 Å². The Morgan fingerprint density at radius 3 is 2.12 bits per heavy atom. The van der Waals surface area contributed by atoms with Gasteiger partial charge in [-0.25, -0.2) is 0 Å². The van der Waals surface area contributed by atoms with E-state index in [1.165, 1.54) is 83.8 Å². The predicted octanol–water partition coefficient (Wildman–Crippen LogP) is 8.67. The van der Waals surface area contributed by atoms with Crippen LogP contribution in [0.3, 0.4) is 0 Å². The molecule has 0 aromatic rings. The maximum atomic E-state index is 13.3. The van der Waals surface area contributed by atoms with Crippen molar-refractivity contribution in [2.75, 3.05) is 39.3 Å². The molecular formula is C44H81N3O5. The van der Waals surface area contributed by atoms with Gasteiger partial charge in [-0.05, 0) is 145 Å². The van der Waals surface area contributed by atoms with E-state index in [1.54, 1.807) is 0 Å². The molecule has 0 aliphatic heterocycles. The first-order valence-electron chi connectivity index (χ1n) is 22.2.